The zero-order valence-corrected chi connectivity index (χ0v) is 9.64. The molecule has 0 amide bonds. The lowest BCUT2D eigenvalue weighted by Crippen LogP contribution is -2.43. The van der Waals surface area contributed by atoms with Gasteiger partial charge in [0, 0.05) is 0 Å². The molecule has 0 aromatic carbocycles. The van der Waals surface area contributed by atoms with Crippen LogP contribution in [0.15, 0.2) is 0 Å². The SMILES string of the molecule is CCCCCCCCCOC(F)(F)C(=O)[O-]. The van der Waals surface area contributed by atoms with Gasteiger partial charge in [0.1, 0.15) is 5.97 Å². The van der Waals surface area contributed by atoms with E-state index in [1.54, 1.807) is 0 Å². The first-order chi connectivity index (χ1) is 7.50. The van der Waals surface area contributed by atoms with Crippen LogP contribution in [0.2, 0.25) is 0 Å². The number of hydrogen-bond donors (Lipinski definition) is 0. The van der Waals surface area contributed by atoms with Gasteiger partial charge in [0.15, 0.2) is 0 Å². The normalized spacial score (nSPS) is 11.7. The van der Waals surface area contributed by atoms with Crippen LogP contribution in [0.4, 0.5) is 8.78 Å². The van der Waals surface area contributed by atoms with Gasteiger partial charge in [0.2, 0.25) is 0 Å². The Hall–Kier alpha value is -0.710. The van der Waals surface area contributed by atoms with Crippen molar-refractivity contribution in [3.8, 4) is 0 Å². The van der Waals surface area contributed by atoms with Crippen LogP contribution in [0.1, 0.15) is 51.9 Å². The number of carbonyl (C=O) groups is 1. The molecule has 0 aliphatic heterocycles. The fraction of sp³-hybridized carbons (Fsp3) is 0.909. The van der Waals surface area contributed by atoms with Crippen LogP contribution in [0.3, 0.4) is 0 Å². The van der Waals surface area contributed by atoms with Gasteiger partial charge in [-0.15, -0.1) is 0 Å². The zero-order chi connectivity index (χ0) is 12.4. The molecule has 0 unspecified atom stereocenters. The maximum absolute atomic E-state index is 12.3. The van der Waals surface area contributed by atoms with Crippen LogP contribution in [-0.4, -0.2) is 18.7 Å². The minimum absolute atomic E-state index is 0.241. The Labute approximate surface area is 94.8 Å². The summed E-state index contributed by atoms with van der Waals surface area (Å²) in [6, 6.07) is 0. The molecule has 0 aromatic rings. The summed E-state index contributed by atoms with van der Waals surface area (Å²) in [5.74, 6) is -2.48. The first-order valence-corrected chi connectivity index (χ1v) is 5.74. The van der Waals surface area contributed by atoms with Crippen molar-refractivity contribution in [2.24, 2.45) is 0 Å². The van der Waals surface area contributed by atoms with E-state index >= 15 is 0 Å². The predicted octanol–water partition coefficient (Wildman–Crippen LogP) is 2.10. The number of unbranched alkanes of at least 4 members (excludes halogenated alkanes) is 6. The van der Waals surface area contributed by atoms with Crippen LogP contribution in [0.25, 0.3) is 0 Å². The fourth-order valence-electron chi connectivity index (χ4n) is 1.32. The van der Waals surface area contributed by atoms with Gasteiger partial charge >= 0.3 is 6.11 Å². The predicted molar refractivity (Wildman–Crippen MR) is 53.9 cm³/mol. The molecule has 96 valence electrons. The van der Waals surface area contributed by atoms with Crippen molar-refractivity contribution in [3.63, 3.8) is 0 Å². The summed E-state index contributed by atoms with van der Waals surface area (Å²) < 4.78 is 28.6. The van der Waals surface area contributed by atoms with E-state index < -0.39 is 12.1 Å². The van der Waals surface area contributed by atoms with Crippen molar-refractivity contribution in [1.82, 2.24) is 0 Å². The molecule has 0 spiro atoms. The molecule has 0 radical (unpaired) electrons. The topological polar surface area (TPSA) is 49.4 Å². The van der Waals surface area contributed by atoms with Gasteiger partial charge in [-0.2, -0.15) is 8.78 Å². The van der Waals surface area contributed by atoms with E-state index in [0.29, 0.717) is 6.42 Å². The minimum Gasteiger partial charge on any atom is -0.542 e. The third-order valence-electron chi connectivity index (χ3n) is 2.27. The van der Waals surface area contributed by atoms with E-state index in [1.165, 1.54) is 12.8 Å². The molecule has 0 N–H and O–H groups in total. The number of aliphatic carboxylic acids is 1. The number of halogens is 2. The fourth-order valence-corrected chi connectivity index (χ4v) is 1.32. The lowest BCUT2D eigenvalue weighted by atomic mass is 10.1. The molecule has 5 heteroatoms. The van der Waals surface area contributed by atoms with Gasteiger partial charge in [-0.1, -0.05) is 45.4 Å². The monoisotopic (exact) mass is 237 g/mol. The van der Waals surface area contributed by atoms with Crippen molar-refractivity contribution in [2.45, 2.75) is 58.0 Å². The maximum Gasteiger partial charge on any atom is 0.397 e. The van der Waals surface area contributed by atoms with Crippen LogP contribution in [0, 0.1) is 0 Å². The third-order valence-corrected chi connectivity index (χ3v) is 2.27. The first-order valence-electron chi connectivity index (χ1n) is 5.74. The molecule has 16 heavy (non-hydrogen) atoms. The molecular weight excluding hydrogens is 218 g/mol. The highest BCUT2D eigenvalue weighted by molar-refractivity contribution is 5.71. The molecule has 0 saturated heterocycles. The molecule has 0 atom stereocenters. The van der Waals surface area contributed by atoms with Gasteiger partial charge in [-0.3, -0.25) is 0 Å². The second-order valence-corrected chi connectivity index (χ2v) is 3.77. The number of carboxylic acids is 1. The van der Waals surface area contributed by atoms with Crippen LogP contribution >= 0.6 is 0 Å². The van der Waals surface area contributed by atoms with Gasteiger partial charge in [0.05, 0.1) is 6.61 Å². The lowest BCUT2D eigenvalue weighted by Gasteiger charge is -2.16. The highest BCUT2D eigenvalue weighted by Gasteiger charge is 2.31. The average molecular weight is 237 g/mol. The molecule has 0 saturated carbocycles. The third kappa shape index (κ3) is 7.56. The summed E-state index contributed by atoms with van der Waals surface area (Å²) in [5, 5.41) is 9.87. The van der Waals surface area contributed by atoms with E-state index in [9.17, 15) is 18.7 Å². The maximum atomic E-state index is 12.3. The molecule has 0 bridgehead atoms. The molecule has 0 fully saturated rings. The van der Waals surface area contributed by atoms with E-state index in [-0.39, 0.29) is 6.61 Å². The van der Waals surface area contributed by atoms with E-state index in [2.05, 4.69) is 11.7 Å². The van der Waals surface area contributed by atoms with Crippen molar-refractivity contribution in [3.05, 3.63) is 0 Å². The Bertz CT molecular complexity index is 196. The standard InChI is InChI=1S/C11H20F2O3/c1-2-3-4-5-6-7-8-9-16-11(12,13)10(14)15/h2-9H2,1H3,(H,14,15)/p-1. The van der Waals surface area contributed by atoms with Crippen LogP contribution in [0.5, 0.6) is 0 Å². The Morgan fingerprint density at radius 1 is 1.12 bits per heavy atom. The molecule has 0 aliphatic rings. The number of ether oxygens (including phenoxy) is 1. The van der Waals surface area contributed by atoms with Crippen molar-refractivity contribution >= 4 is 5.97 Å². The Morgan fingerprint density at radius 2 is 1.62 bits per heavy atom. The molecule has 0 aromatic heterocycles. The summed E-state index contributed by atoms with van der Waals surface area (Å²) in [7, 11) is 0. The second-order valence-electron chi connectivity index (χ2n) is 3.77. The summed E-state index contributed by atoms with van der Waals surface area (Å²) in [5.41, 5.74) is 0. The average Bonchev–Trinajstić information content (AvgIpc) is 2.21. The van der Waals surface area contributed by atoms with Crippen molar-refractivity contribution in [2.75, 3.05) is 6.61 Å². The molecule has 0 rings (SSSR count). The summed E-state index contributed by atoms with van der Waals surface area (Å²) >= 11 is 0. The Balaban J connectivity index is 3.30. The molecular formula is C11H19F2O3-. The summed E-state index contributed by atoms with van der Waals surface area (Å²) in [4.78, 5) is 9.87. The number of rotatable bonds is 10. The van der Waals surface area contributed by atoms with Crippen molar-refractivity contribution < 1.29 is 23.4 Å². The van der Waals surface area contributed by atoms with Gasteiger partial charge < -0.3 is 14.6 Å². The van der Waals surface area contributed by atoms with E-state index in [4.69, 9.17) is 0 Å². The zero-order valence-electron chi connectivity index (χ0n) is 9.64. The van der Waals surface area contributed by atoms with E-state index in [1.807, 2.05) is 0 Å². The number of carbonyl (C=O) groups excluding carboxylic acids is 1. The van der Waals surface area contributed by atoms with Crippen molar-refractivity contribution in [1.29, 1.82) is 0 Å². The lowest BCUT2D eigenvalue weighted by molar-refractivity contribution is -0.363. The van der Waals surface area contributed by atoms with Gasteiger partial charge in [0.25, 0.3) is 0 Å². The number of carboxylic acid groups (broad SMARTS) is 1. The Kier molecular flexibility index (Phi) is 8.07. The number of hydrogen-bond acceptors (Lipinski definition) is 3. The molecule has 0 heterocycles. The largest absolute Gasteiger partial charge is 0.542 e. The molecule has 3 nitrogen and oxygen atoms in total. The quantitative estimate of drug-likeness (QED) is 0.547. The molecule has 0 aliphatic carbocycles. The highest BCUT2D eigenvalue weighted by Crippen LogP contribution is 2.15. The summed E-state index contributed by atoms with van der Waals surface area (Å²) in [6.45, 7) is 1.88. The van der Waals surface area contributed by atoms with Crippen LogP contribution < -0.4 is 5.11 Å². The second kappa shape index (κ2) is 8.44. The minimum atomic E-state index is -4.15. The summed E-state index contributed by atoms with van der Waals surface area (Å²) in [6.07, 6.45) is 2.67. The number of alkyl halides is 2. The van der Waals surface area contributed by atoms with E-state index in [0.717, 1.165) is 25.7 Å². The Morgan fingerprint density at radius 3 is 2.12 bits per heavy atom. The first kappa shape index (κ1) is 15.3. The van der Waals surface area contributed by atoms with Crippen LogP contribution in [-0.2, 0) is 9.53 Å². The van der Waals surface area contributed by atoms with Gasteiger partial charge in [-0.25, -0.2) is 0 Å². The smallest absolute Gasteiger partial charge is 0.397 e. The highest BCUT2D eigenvalue weighted by atomic mass is 19.3. The van der Waals surface area contributed by atoms with Gasteiger partial charge in [-0.05, 0) is 6.42 Å².